The van der Waals surface area contributed by atoms with Crippen LogP contribution < -0.4 is 5.32 Å². The molecule has 0 radical (unpaired) electrons. The molecule has 2 N–H and O–H groups in total. The number of nitrogens with one attached hydrogen (secondary N) is 2. The first-order chi connectivity index (χ1) is 16.5. The van der Waals surface area contributed by atoms with Crippen LogP contribution in [0.5, 0.6) is 0 Å². The number of methoxy groups -OCH3 is 1. The minimum atomic E-state index is -0.412. The number of ketones is 1. The van der Waals surface area contributed by atoms with Gasteiger partial charge in [-0.05, 0) is 48.2 Å². The maximum atomic E-state index is 14.8. The Kier molecular flexibility index (Phi) is 5.84. The number of nitrogens with zero attached hydrogens (tertiary/aromatic N) is 1. The molecule has 0 spiro atoms. The molecular weight excluding hydrogens is 433 g/mol. The van der Waals surface area contributed by atoms with Gasteiger partial charge in [-0.25, -0.2) is 9.37 Å². The van der Waals surface area contributed by atoms with Crippen LogP contribution >= 0.6 is 0 Å². The SMILES string of the molecule is COC(=O)C1CCCC1C(=O)c1ccc(-c2ccc(Nc3nc4ccccc4[nH]3)c(F)c2)cc1. The second kappa shape index (κ2) is 9.09. The highest BCUT2D eigenvalue weighted by Gasteiger charge is 2.38. The van der Waals surface area contributed by atoms with E-state index in [0.29, 0.717) is 35.6 Å². The van der Waals surface area contributed by atoms with E-state index in [4.69, 9.17) is 4.74 Å². The normalized spacial score (nSPS) is 17.6. The van der Waals surface area contributed by atoms with Crippen molar-refractivity contribution in [2.24, 2.45) is 11.8 Å². The summed E-state index contributed by atoms with van der Waals surface area (Å²) >= 11 is 0. The topological polar surface area (TPSA) is 84.1 Å². The molecule has 5 rings (SSSR count). The van der Waals surface area contributed by atoms with E-state index >= 15 is 0 Å². The van der Waals surface area contributed by atoms with Gasteiger partial charge in [0.25, 0.3) is 0 Å². The third-order valence-electron chi connectivity index (χ3n) is 6.47. The monoisotopic (exact) mass is 457 g/mol. The second-order valence-corrected chi connectivity index (χ2v) is 8.53. The Balaban J connectivity index is 1.32. The molecule has 172 valence electrons. The number of hydrogen-bond acceptors (Lipinski definition) is 5. The predicted molar refractivity (Wildman–Crippen MR) is 128 cm³/mol. The predicted octanol–water partition coefficient (Wildman–Crippen LogP) is 5.88. The molecule has 0 aliphatic heterocycles. The van der Waals surface area contributed by atoms with Gasteiger partial charge in [-0.2, -0.15) is 0 Å². The van der Waals surface area contributed by atoms with Crippen LogP contribution in [-0.2, 0) is 9.53 Å². The molecule has 1 aliphatic rings. The van der Waals surface area contributed by atoms with Crippen LogP contribution in [0.1, 0.15) is 29.6 Å². The molecule has 7 heteroatoms. The van der Waals surface area contributed by atoms with Crippen molar-refractivity contribution in [3.8, 4) is 11.1 Å². The van der Waals surface area contributed by atoms with Crippen molar-refractivity contribution in [1.29, 1.82) is 0 Å². The summed E-state index contributed by atoms with van der Waals surface area (Å²) in [5.41, 5.74) is 4.01. The lowest BCUT2D eigenvalue weighted by Crippen LogP contribution is -2.26. The fraction of sp³-hybridized carbons (Fsp3) is 0.222. The molecule has 3 aromatic carbocycles. The minimum absolute atomic E-state index is 0.0454. The Bertz CT molecular complexity index is 1330. The lowest BCUT2D eigenvalue weighted by atomic mass is 9.88. The largest absolute Gasteiger partial charge is 0.469 e. The molecule has 2 atom stereocenters. The van der Waals surface area contributed by atoms with Gasteiger partial charge in [0.15, 0.2) is 5.78 Å². The summed E-state index contributed by atoms with van der Waals surface area (Å²) < 4.78 is 19.7. The van der Waals surface area contributed by atoms with Gasteiger partial charge in [0.2, 0.25) is 5.95 Å². The van der Waals surface area contributed by atoms with Gasteiger partial charge in [-0.15, -0.1) is 0 Å². The number of imidazole rings is 1. The number of Topliss-reactive ketones (excluding diaryl/α,β-unsaturated/α-hetero) is 1. The van der Waals surface area contributed by atoms with E-state index in [9.17, 15) is 14.0 Å². The first-order valence-corrected chi connectivity index (χ1v) is 11.3. The van der Waals surface area contributed by atoms with Crippen molar-refractivity contribution in [2.45, 2.75) is 19.3 Å². The fourth-order valence-corrected chi connectivity index (χ4v) is 4.68. The van der Waals surface area contributed by atoms with Gasteiger partial charge >= 0.3 is 5.97 Å². The zero-order valence-electron chi connectivity index (χ0n) is 18.7. The van der Waals surface area contributed by atoms with E-state index in [-0.39, 0.29) is 23.6 Å². The molecule has 6 nitrogen and oxygen atoms in total. The van der Waals surface area contributed by atoms with Crippen molar-refractivity contribution in [3.05, 3.63) is 78.1 Å². The van der Waals surface area contributed by atoms with Gasteiger partial charge in [0.1, 0.15) is 5.82 Å². The molecule has 0 bridgehead atoms. The Morgan fingerprint density at radius 1 is 1.00 bits per heavy atom. The highest BCUT2D eigenvalue weighted by Crippen LogP contribution is 2.35. The van der Waals surface area contributed by atoms with Crippen LogP contribution in [-0.4, -0.2) is 28.8 Å². The zero-order chi connectivity index (χ0) is 23.7. The van der Waals surface area contributed by atoms with Crippen molar-refractivity contribution in [1.82, 2.24) is 9.97 Å². The van der Waals surface area contributed by atoms with Crippen molar-refractivity contribution < 1.29 is 18.7 Å². The second-order valence-electron chi connectivity index (χ2n) is 8.53. The summed E-state index contributed by atoms with van der Waals surface area (Å²) in [6, 6.07) is 19.6. The van der Waals surface area contributed by atoms with E-state index in [1.807, 2.05) is 30.3 Å². The van der Waals surface area contributed by atoms with Crippen molar-refractivity contribution in [2.75, 3.05) is 12.4 Å². The average molecular weight is 458 g/mol. The molecule has 1 saturated carbocycles. The number of carbonyl (C=O) groups is 2. The Hall–Kier alpha value is -4.00. The molecule has 2 unspecified atom stereocenters. The molecule has 34 heavy (non-hydrogen) atoms. The Morgan fingerprint density at radius 3 is 2.47 bits per heavy atom. The van der Waals surface area contributed by atoms with Crippen LogP contribution in [0.15, 0.2) is 66.7 Å². The van der Waals surface area contributed by atoms with Gasteiger partial charge in [0.05, 0.1) is 29.7 Å². The van der Waals surface area contributed by atoms with Gasteiger partial charge in [-0.1, -0.05) is 48.9 Å². The van der Waals surface area contributed by atoms with Gasteiger partial charge in [0, 0.05) is 11.5 Å². The van der Waals surface area contributed by atoms with Crippen molar-refractivity contribution in [3.63, 3.8) is 0 Å². The number of hydrogen-bond donors (Lipinski definition) is 2. The number of esters is 1. The number of H-pyrrole nitrogens is 1. The lowest BCUT2D eigenvalue weighted by Gasteiger charge is -2.16. The number of aromatic amines is 1. The highest BCUT2D eigenvalue weighted by atomic mass is 19.1. The third kappa shape index (κ3) is 4.17. The standard InChI is InChI=1S/C27H24FN3O3/c1-34-26(33)20-6-4-5-19(20)25(32)17-11-9-16(10-12-17)18-13-14-22(21(28)15-18)29-27-30-23-7-2-3-8-24(23)31-27/h2-3,7-15,19-20H,4-6H2,1H3,(H2,29,30,31). The Labute approximate surface area is 196 Å². The summed E-state index contributed by atoms with van der Waals surface area (Å²) in [7, 11) is 1.35. The van der Waals surface area contributed by atoms with Gasteiger partial charge < -0.3 is 15.0 Å². The van der Waals surface area contributed by atoms with E-state index in [0.717, 1.165) is 23.0 Å². The molecule has 0 saturated heterocycles. The van der Waals surface area contributed by atoms with Crippen LogP contribution in [0.4, 0.5) is 16.0 Å². The third-order valence-corrected chi connectivity index (χ3v) is 6.47. The number of benzene rings is 3. The summed E-state index contributed by atoms with van der Waals surface area (Å²) in [5, 5.41) is 2.99. The number of para-hydroxylation sites is 2. The van der Waals surface area contributed by atoms with E-state index in [1.165, 1.54) is 13.2 Å². The smallest absolute Gasteiger partial charge is 0.309 e. The molecule has 4 aromatic rings. The minimum Gasteiger partial charge on any atom is -0.469 e. The Morgan fingerprint density at radius 2 is 1.74 bits per heavy atom. The number of rotatable bonds is 6. The highest BCUT2D eigenvalue weighted by molar-refractivity contribution is 6.00. The van der Waals surface area contributed by atoms with Gasteiger partial charge in [-0.3, -0.25) is 9.59 Å². The maximum absolute atomic E-state index is 14.8. The van der Waals surface area contributed by atoms with Crippen molar-refractivity contribution >= 4 is 34.4 Å². The van der Waals surface area contributed by atoms with Crippen LogP contribution in [0, 0.1) is 17.7 Å². The molecule has 0 amide bonds. The summed E-state index contributed by atoms with van der Waals surface area (Å²) in [6.07, 6.45) is 2.20. The number of anilines is 2. The quantitative estimate of drug-likeness (QED) is 0.279. The molecule has 1 fully saturated rings. The zero-order valence-corrected chi connectivity index (χ0v) is 18.7. The molecule has 1 aromatic heterocycles. The lowest BCUT2D eigenvalue weighted by molar-refractivity contribution is -0.146. The first kappa shape index (κ1) is 21.8. The number of halogens is 1. The van der Waals surface area contributed by atoms with Crippen LogP contribution in [0.25, 0.3) is 22.2 Å². The number of ether oxygens (including phenoxy) is 1. The summed E-state index contributed by atoms with van der Waals surface area (Å²) in [5.74, 6) is -1.04. The number of aromatic nitrogens is 2. The number of fused-ring (bicyclic) bond motifs is 1. The first-order valence-electron chi connectivity index (χ1n) is 11.3. The van der Waals surface area contributed by atoms with E-state index < -0.39 is 5.82 Å². The molecule has 1 heterocycles. The molecule has 1 aliphatic carbocycles. The maximum Gasteiger partial charge on any atom is 0.309 e. The number of carbonyl (C=O) groups excluding carboxylic acids is 2. The van der Waals surface area contributed by atoms with Crippen LogP contribution in [0.2, 0.25) is 0 Å². The average Bonchev–Trinajstić information content (AvgIpc) is 3.51. The van der Waals surface area contributed by atoms with E-state index in [1.54, 1.807) is 30.3 Å². The fourth-order valence-electron chi connectivity index (χ4n) is 4.68. The summed E-state index contributed by atoms with van der Waals surface area (Å²) in [4.78, 5) is 32.5. The van der Waals surface area contributed by atoms with Crippen LogP contribution in [0.3, 0.4) is 0 Å². The summed E-state index contributed by atoms with van der Waals surface area (Å²) in [6.45, 7) is 0. The molecular formula is C27H24FN3O3. The van der Waals surface area contributed by atoms with E-state index in [2.05, 4.69) is 15.3 Å².